The number of aromatic nitrogens is 3. The first-order chi connectivity index (χ1) is 9.22. The molecule has 0 atom stereocenters. The minimum atomic E-state index is 0.507. The number of pyridine rings is 1. The summed E-state index contributed by atoms with van der Waals surface area (Å²) in [5.74, 6) is 2.96. The highest BCUT2D eigenvalue weighted by Gasteiger charge is 2.21. The van der Waals surface area contributed by atoms with E-state index in [4.69, 9.17) is 0 Å². The molecule has 19 heavy (non-hydrogen) atoms. The topological polar surface area (TPSA) is 62.7 Å². The molecule has 3 rings (SSSR count). The van der Waals surface area contributed by atoms with Gasteiger partial charge in [-0.25, -0.2) is 15.0 Å². The summed E-state index contributed by atoms with van der Waals surface area (Å²) in [6.45, 7) is 5.95. The van der Waals surface area contributed by atoms with Crippen molar-refractivity contribution < 1.29 is 0 Å². The van der Waals surface area contributed by atoms with Crippen molar-refractivity contribution in [1.29, 1.82) is 0 Å². The molecule has 0 amide bonds. The number of hydrogen-bond donors (Lipinski definition) is 2. The van der Waals surface area contributed by atoms with Crippen LogP contribution in [0.2, 0.25) is 0 Å². The van der Waals surface area contributed by atoms with Crippen LogP contribution in [-0.2, 0) is 0 Å². The van der Waals surface area contributed by atoms with Gasteiger partial charge in [0.2, 0.25) is 0 Å². The minimum Gasteiger partial charge on any atom is -0.325 e. The molecule has 3 heterocycles. The van der Waals surface area contributed by atoms with Gasteiger partial charge in [-0.05, 0) is 25.5 Å². The molecule has 0 aromatic carbocycles. The van der Waals surface area contributed by atoms with Crippen molar-refractivity contribution in [2.24, 2.45) is 0 Å². The third-order valence-electron chi connectivity index (χ3n) is 3.31. The fourth-order valence-corrected chi connectivity index (χ4v) is 2.10. The number of aryl methyl sites for hydroxylation is 2. The van der Waals surface area contributed by atoms with Gasteiger partial charge in [-0.2, -0.15) is 0 Å². The second kappa shape index (κ2) is 4.93. The summed E-state index contributed by atoms with van der Waals surface area (Å²) in [5.41, 5.74) is 2.20. The number of hydrogen-bond acceptors (Lipinski definition) is 5. The first kappa shape index (κ1) is 12.0. The van der Waals surface area contributed by atoms with E-state index < -0.39 is 0 Å². The molecule has 1 aliphatic rings. The van der Waals surface area contributed by atoms with Crippen molar-refractivity contribution in [2.45, 2.75) is 19.8 Å². The largest absolute Gasteiger partial charge is 0.325 e. The lowest BCUT2D eigenvalue weighted by atomic mass is 9.99. The summed E-state index contributed by atoms with van der Waals surface area (Å²) in [5, 5.41) is 6.54. The van der Waals surface area contributed by atoms with Gasteiger partial charge in [0.25, 0.3) is 0 Å². The van der Waals surface area contributed by atoms with E-state index in [-0.39, 0.29) is 0 Å². The molecule has 2 N–H and O–H groups in total. The Kier molecular flexibility index (Phi) is 3.13. The first-order valence-electron chi connectivity index (χ1n) is 6.47. The zero-order chi connectivity index (χ0) is 13.2. The van der Waals surface area contributed by atoms with Gasteiger partial charge in [0.05, 0.1) is 5.69 Å². The Morgan fingerprint density at radius 2 is 2.11 bits per heavy atom. The Morgan fingerprint density at radius 1 is 1.26 bits per heavy atom. The van der Waals surface area contributed by atoms with Crippen LogP contribution in [0.4, 0.5) is 11.6 Å². The lowest BCUT2D eigenvalue weighted by Gasteiger charge is -2.26. The molecule has 0 aliphatic carbocycles. The predicted octanol–water partition coefficient (Wildman–Crippen LogP) is 1.92. The SMILES string of the molecule is Cc1nc(Nc2ncccc2C)cc(C2CNC2)n1. The highest BCUT2D eigenvalue weighted by molar-refractivity contribution is 5.55. The molecule has 1 fully saturated rings. The smallest absolute Gasteiger partial charge is 0.135 e. The second-order valence-electron chi connectivity index (χ2n) is 4.87. The monoisotopic (exact) mass is 255 g/mol. The van der Waals surface area contributed by atoms with Crippen molar-refractivity contribution >= 4 is 11.6 Å². The molecule has 0 unspecified atom stereocenters. The molecule has 0 spiro atoms. The van der Waals surface area contributed by atoms with Crippen LogP contribution in [0.25, 0.3) is 0 Å². The van der Waals surface area contributed by atoms with Gasteiger partial charge in [0, 0.05) is 31.3 Å². The fraction of sp³-hybridized carbons (Fsp3) is 0.357. The van der Waals surface area contributed by atoms with E-state index in [0.29, 0.717) is 5.92 Å². The lowest BCUT2D eigenvalue weighted by molar-refractivity contribution is 0.438. The lowest BCUT2D eigenvalue weighted by Crippen LogP contribution is -2.40. The fourth-order valence-electron chi connectivity index (χ4n) is 2.10. The van der Waals surface area contributed by atoms with Crippen LogP contribution < -0.4 is 10.6 Å². The first-order valence-corrected chi connectivity index (χ1v) is 6.47. The molecule has 0 bridgehead atoms. The molecule has 5 heteroatoms. The molecule has 0 saturated carbocycles. The van der Waals surface area contributed by atoms with E-state index in [1.807, 2.05) is 32.0 Å². The summed E-state index contributed by atoms with van der Waals surface area (Å²) in [6, 6.07) is 5.98. The zero-order valence-corrected chi connectivity index (χ0v) is 11.1. The van der Waals surface area contributed by atoms with E-state index in [1.165, 1.54) is 0 Å². The molecule has 1 saturated heterocycles. The summed E-state index contributed by atoms with van der Waals surface area (Å²) in [4.78, 5) is 13.3. The Morgan fingerprint density at radius 3 is 2.79 bits per heavy atom. The van der Waals surface area contributed by atoms with Crippen molar-refractivity contribution in [1.82, 2.24) is 20.3 Å². The Labute approximate surface area is 112 Å². The summed E-state index contributed by atoms with van der Waals surface area (Å²) in [6.07, 6.45) is 1.78. The third kappa shape index (κ3) is 2.56. The van der Waals surface area contributed by atoms with Crippen molar-refractivity contribution in [3.05, 3.63) is 41.5 Å². The number of anilines is 2. The second-order valence-corrected chi connectivity index (χ2v) is 4.87. The maximum atomic E-state index is 4.51. The third-order valence-corrected chi connectivity index (χ3v) is 3.31. The van der Waals surface area contributed by atoms with E-state index in [0.717, 1.165) is 41.8 Å². The van der Waals surface area contributed by atoms with Crippen LogP contribution in [0.5, 0.6) is 0 Å². The highest BCUT2D eigenvalue weighted by atomic mass is 15.1. The Bertz CT molecular complexity index is 592. The van der Waals surface area contributed by atoms with Gasteiger partial charge in [0.15, 0.2) is 0 Å². The zero-order valence-electron chi connectivity index (χ0n) is 11.1. The van der Waals surface area contributed by atoms with E-state index >= 15 is 0 Å². The van der Waals surface area contributed by atoms with Crippen LogP contribution in [0, 0.1) is 13.8 Å². The maximum Gasteiger partial charge on any atom is 0.135 e. The van der Waals surface area contributed by atoms with E-state index in [1.54, 1.807) is 6.20 Å². The molecule has 2 aromatic heterocycles. The normalized spacial score (nSPS) is 15.1. The van der Waals surface area contributed by atoms with Gasteiger partial charge in [-0.3, -0.25) is 0 Å². The number of rotatable bonds is 3. The standard InChI is InChI=1S/C14H17N5/c1-9-4-3-5-16-14(9)19-13-6-12(11-7-15-8-11)17-10(2)18-13/h3-6,11,15H,7-8H2,1-2H3,(H,16,17,18,19). The van der Waals surface area contributed by atoms with E-state index in [9.17, 15) is 0 Å². The minimum absolute atomic E-state index is 0.507. The Balaban J connectivity index is 1.88. The van der Waals surface area contributed by atoms with Gasteiger partial charge in [-0.1, -0.05) is 6.07 Å². The summed E-state index contributed by atoms with van der Waals surface area (Å²) in [7, 11) is 0. The maximum absolute atomic E-state index is 4.51. The highest BCUT2D eigenvalue weighted by Crippen LogP contribution is 2.22. The molecule has 1 aliphatic heterocycles. The van der Waals surface area contributed by atoms with Gasteiger partial charge in [-0.15, -0.1) is 0 Å². The predicted molar refractivity (Wildman–Crippen MR) is 74.6 cm³/mol. The van der Waals surface area contributed by atoms with Crippen LogP contribution in [0.3, 0.4) is 0 Å². The average Bonchev–Trinajstić information content (AvgIpc) is 2.29. The van der Waals surface area contributed by atoms with Crippen LogP contribution in [0.1, 0.15) is 23.0 Å². The van der Waals surface area contributed by atoms with Gasteiger partial charge < -0.3 is 10.6 Å². The summed E-state index contributed by atoms with van der Waals surface area (Å²) >= 11 is 0. The molecule has 98 valence electrons. The van der Waals surface area contributed by atoms with Gasteiger partial charge >= 0.3 is 0 Å². The quantitative estimate of drug-likeness (QED) is 0.877. The molecular formula is C14H17N5. The average molecular weight is 255 g/mol. The van der Waals surface area contributed by atoms with Gasteiger partial charge in [0.1, 0.15) is 17.5 Å². The molecule has 5 nitrogen and oxygen atoms in total. The number of nitrogens with one attached hydrogen (secondary N) is 2. The van der Waals surface area contributed by atoms with Crippen LogP contribution in [0.15, 0.2) is 24.4 Å². The summed E-state index contributed by atoms with van der Waals surface area (Å²) < 4.78 is 0. The molecular weight excluding hydrogens is 238 g/mol. The van der Waals surface area contributed by atoms with Crippen molar-refractivity contribution in [3.8, 4) is 0 Å². The molecule has 2 aromatic rings. The van der Waals surface area contributed by atoms with E-state index in [2.05, 4.69) is 25.6 Å². The molecule has 0 radical (unpaired) electrons. The van der Waals surface area contributed by atoms with Crippen molar-refractivity contribution in [3.63, 3.8) is 0 Å². The van der Waals surface area contributed by atoms with Crippen LogP contribution >= 0.6 is 0 Å². The van der Waals surface area contributed by atoms with Crippen molar-refractivity contribution in [2.75, 3.05) is 18.4 Å². The van der Waals surface area contributed by atoms with Crippen LogP contribution in [-0.4, -0.2) is 28.0 Å². The Hall–Kier alpha value is -2.01. The number of nitrogens with zero attached hydrogens (tertiary/aromatic N) is 3.